The van der Waals surface area contributed by atoms with Crippen LogP contribution in [-0.4, -0.2) is 30.7 Å². The van der Waals surface area contributed by atoms with Crippen LogP contribution < -0.4 is 4.72 Å². The van der Waals surface area contributed by atoms with E-state index in [1.165, 1.54) is 12.1 Å². The Hall–Kier alpha value is -3.20. The molecule has 0 bridgehead atoms. The maximum absolute atomic E-state index is 15.3. The Morgan fingerprint density at radius 3 is 2.54 bits per heavy atom. The summed E-state index contributed by atoms with van der Waals surface area (Å²) in [5.74, 6) is 0.932. The van der Waals surface area contributed by atoms with E-state index in [1.54, 1.807) is 30.5 Å². The maximum Gasteiger partial charge on any atom is 0.421 e. The monoisotopic (exact) mass is 529 g/mol. The minimum Gasteiger partial charge on any atom is -0.449 e. The molecule has 2 aromatic carbocycles. The lowest BCUT2D eigenvalue weighted by atomic mass is 9.97. The number of benzene rings is 2. The standard InChI is InChI=1S/C28H36FN3O4S/c1-6-7-14-36-28(33)31-37(34,35)26-11-8-21(15-19(2)3)16-24(26)22-9-10-23(25(29)17-22)18-32-13-12-30-27(32)20(4)5/h8-13,16-17,19-20H,6-7,14-15,18H2,1-5H3,(H,31,33). The summed E-state index contributed by atoms with van der Waals surface area (Å²) in [5.41, 5.74) is 2.10. The van der Waals surface area contributed by atoms with E-state index in [0.717, 1.165) is 24.2 Å². The fourth-order valence-corrected chi connectivity index (χ4v) is 5.22. The van der Waals surface area contributed by atoms with Crippen molar-refractivity contribution in [1.29, 1.82) is 0 Å². The molecule has 0 aliphatic rings. The smallest absolute Gasteiger partial charge is 0.421 e. The number of imidazole rings is 1. The fraction of sp³-hybridized carbons (Fsp3) is 0.429. The van der Waals surface area contributed by atoms with Gasteiger partial charge in [0.15, 0.2) is 0 Å². The second-order valence-corrected chi connectivity index (χ2v) is 11.5. The van der Waals surface area contributed by atoms with Gasteiger partial charge in [0.25, 0.3) is 10.0 Å². The Morgan fingerprint density at radius 1 is 1.14 bits per heavy atom. The average molecular weight is 530 g/mol. The van der Waals surface area contributed by atoms with Gasteiger partial charge in [-0.15, -0.1) is 0 Å². The van der Waals surface area contributed by atoms with E-state index in [9.17, 15) is 13.2 Å². The van der Waals surface area contributed by atoms with Crippen molar-refractivity contribution in [3.8, 4) is 11.1 Å². The summed E-state index contributed by atoms with van der Waals surface area (Å²) in [6.45, 7) is 10.5. The van der Waals surface area contributed by atoms with Crippen molar-refractivity contribution in [1.82, 2.24) is 14.3 Å². The highest BCUT2D eigenvalue weighted by atomic mass is 32.2. The average Bonchev–Trinajstić information content (AvgIpc) is 3.28. The van der Waals surface area contributed by atoms with Gasteiger partial charge in [0.1, 0.15) is 11.6 Å². The number of hydrogen-bond donors (Lipinski definition) is 1. The number of ether oxygens (including phenoxy) is 1. The number of nitrogens with zero attached hydrogens (tertiary/aromatic N) is 2. The number of hydrogen-bond acceptors (Lipinski definition) is 5. The van der Waals surface area contributed by atoms with Crippen LogP contribution in [0.4, 0.5) is 9.18 Å². The third-order valence-electron chi connectivity index (χ3n) is 5.90. The van der Waals surface area contributed by atoms with Crippen molar-refractivity contribution in [3.05, 3.63) is 71.6 Å². The summed E-state index contributed by atoms with van der Waals surface area (Å²) in [6, 6.07) is 9.63. The summed E-state index contributed by atoms with van der Waals surface area (Å²) >= 11 is 0. The van der Waals surface area contributed by atoms with Crippen LogP contribution in [0.2, 0.25) is 0 Å². The zero-order chi connectivity index (χ0) is 27.2. The molecule has 0 fully saturated rings. The van der Waals surface area contributed by atoms with E-state index in [2.05, 4.69) is 18.8 Å². The molecule has 1 aromatic heterocycles. The minimum atomic E-state index is -4.26. The van der Waals surface area contributed by atoms with Gasteiger partial charge in [-0.3, -0.25) is 0 Å². The highest BCUT2D eigenvalue weighted by Gasteiger charge is 2.24. The number of amides is 1. The van der Waals surface area contributed by atoms with Crippen LogP contribution in [0.1, 0.15) is 70.3 Å². The summed E-state index contributed by atoms with van der Waals surface area (Å²) < 4.78 is 50.5. The number of carbonyl (C=O) groups is 1. The van der Waals surface area contributed by atoms with Crippen LogP contribution in [0.25, 0.3) is 11.1 Å². The number of nitrogens with one attached hydrogen (secondary N) is 1. The maximum atomic E-state index is 15.3. The van der Waals surface area contributed by atoms with Crippen molar-refractivity contribution < 1.29 is 22.3 Å². The van der Waals surface area contributed by atoms with Crippen molar-refractivity contribution in [2.45, 2.75) is 71.2 Å². The molecule has 200 valence electrons. The first-order valence-electron chi connectivity index (χ1n) is 12.6. The van der Waals surface area contributed by atoms with Gasteiger partial charge in [-0.25, -0.2) is 27.3 Å². The van der Waals surface area contributed by atoms with Crippen LogP contribution in [0, 0.1) is 11.7 Å². The number of sulfonamides is 1. The quantitative estimate of drug-likeness (QED) is 0.296. The SMILES string of the molecule is CCCCOC(=O)NS(=O)(=O)c1ccc(CC(C)C)cc1-c1ccc(Cn2ccnc2C(C)C)c(F)c1. The summed E-state index contributed by atoms with van der Waals surface area (Å²) in [7, 11) is -4.26. The Kier molecular flexibility index (Phi) is 9.48. The largest absolute Gasteiger partial charge is 0.449 e. The van der Waals surface area contributed by atoms with Crippen LogP contribution in [0.3, 0.4) is 0 Å². The van der Waals surface area contributed by atoms with Gasteiger partial charge in [-0.1, -0.05) is 59.2 Å². The lowest BCUT2D eigenvalue weighted by Crippen LogP contribution is -2.31. The minimum absolute atomic E-state index is 0.115. The molecule has 3 aromatic rings. The summed E-state index contributed by atoms with van der Waals surface area (Å²) in [4.78, 5) is 16.4. The van der Waals surface area contributed by atoms with Crippen LogP contribution in [-0.2, 0) is 27.7 Å². The molecule has 0 aliphatic carbocycles. The lowest BCUT2D eigenvalue weighted by Gasteiger charge is -2.16. The number of unbranched alkanes of at least 4 members (excludes halogenated alkanes) is 1. The molecule has 0 saturated heterocycles. The molecule has 1 amide bonds. The molecule has 7 nitrogen and oxygen atoms in total. The predicted octanol–water partition coefficient (Wildman–Crippen LogP) is 6.27. The Bertz CT molecular complexity index is 1330. The van der Waals surface area contributed by atoms with Gasteiger partial charge in [0, 0.05) is 29.4 Å². The molecule has 0 spiro atoms. The molecular formula is C28H36FN3O4S. The third kappa shape index (κ3) is 7.41. The highest BCUT2D eigenvalue weighted by Crippen LogP contribution is 2.31. The molecule has 9 heteroatoms. The Labute approximate surface area is 219 Å². The van der Waals surface area contributed by atoms with Gasteiger partial charge < -0.3 is 9.30 Å². The first-order chi connectivity index (χ1) is 17.5. The van der Waals surface area contributed by atoms with Gasteiger partial charge in [0.05, 0.1) is 18.0 Å². The van der Waals surface area contributed by atoms with E-state index in [0.29, 0.717) is 35.6 Å². The van der Waals surface area contributed by atoms with Gasteiger partial charge >= 0.3 is 6.09 Å². The molecule has 3 rings (SSSR count). The second-order valence-electron chi connectivity index (χ2n) is 9.90. The summed E-state index contributed by atoms with van der Waals surface area (Å²) in [5, 5.41) is 0. The van der Waals surface area contributed by atoms with Crippen LogP contribution in [0.5, 0.6) is 0 Å². The number of halogens is 1. The van der Waals surface area contributed by atoms with Crippen molar-refractivity contribution in [3.63, 3.8) is 0 Å². The molecule has 1 N–H and O–H groups in total. The zero-order valence-electron chi connectivity index (χ0n) is 22.1. The molecule has 0 aliphatic heterocycles. The van der Waals surface area contributed by atoms with E-state index in [-0.39, 0.29) is 17.4 Å². The number of rotatable bonds is 11. The first-order valence-corrected chi connectivity index (χ1v) is 14.1. The van der Waals surface area contributed by atoms with Crippen molar-refractivity contribution in [2.75, 3.05) is 6.61 Å². The third-order valence-corrected chi connectivity index (χ3v) is 7.27. The molecular weight excluding hydrogens is 493 g/mol. The van der Waals surface area contributed by atoms with Gasteiger partial charge in [-0.2, -0.15) is 0 Å². The number of carbonyl (C=O) groups excluding carboxylic acids is 1. The fourth-order valence-electron chi connectivity index (χ4n) is 4.12. The molecule has 37 heavy (non-hydrogen) atoms. The molecule has 0 unspecified atom stereocenters. The van der Waals surface area contributed by atoms with Crippen molar-refractivity contribution in [2.24, 2.45) is 5.92 Å². The number of aromatic nitrogens is 2. The Balaban J connectivity index is 1.98. The second kappa shape index (κ2) is 12.4. The van der Waals surface area contributed by atoms with Crippen LogP contribution in [0.15, 0.2) is 53.7 Å². The topological polar surface area (TPSA) is 90.3 Å². The van der Waals surface area contributed by atoms with E-state index in [4.69, 9.17) is 4.74 Å². The molecule has 0 saturated carbocycles. The van der Waals surface area contributed by atoms with E-state index < -0.39 is 21.9 Å². The van der Waals surface area contributed by atoms with Crippen molar-refractivity contribution >= 4 is 16.1 Å². The molecule has 0 atom stereocenters. The summed E-state index contributed by atoms with van der Waals surface area (Å²) in [6.07, 6.45) is 4.63. The van der Waals surface area contributed by atoms with E-state index in [1.807, 2.05) is 36.3 Å². The molecule has 1 heterocycles. The molecule has 0 radical (unpaired) electrons. The first kappa shape index (κ1) is 28.4. The van der Waals surface area contributed by atoms with Crippen LogP contribution >= 0.6 is 0 Å². The zero-order valence-corrected chi connectivity index (χ0v) is 22.9. The highest BCUT2D eigenvalue weighted by molar-refractivity contribution is 7.90. The van der Waals surface area contributed by atoms with E-state index >= 15 is 4.39 Å². The van der Waals surface area contributed by atoms with Gasteiger partial charge in [-0.05, 0) is 48.1 Å². The van der Waals surface area contributed by atoms with Gasteiger partial charge in [0.2, 0.25) is 0 Å². The normalized spacial score (nSPS) is 11.8. The Morgan fingerprint density at radius 2 is 1.89 bits per heavy atom. The predicted molar refractivity (Wildman–Crippen MR) is 142 cm³/mol. The lowest BCUT2D eigenvalue weighted by molar-refractivity contribution is 0.151.